The van der Waals surface area contributed by atoms with E-state index in [1.807, 2.05) is 0 Å². The molecule has 1 amide bonds. The van der Waals surface area contributed by atoms with Crippen molar-refractivity contribution in [3.05, 3.63) is 40.8 Å². The van der Waals surface area contributed by atoms with E-state index in [2.05, 4.69) is 51.4 Å². The summed E-state index contributed by atoms with van der Waals surface area (Å²) in [6.07, 6.45) is 3.85. The van der Waals surface area contributed by atoms with Gasteiger partial charge in [0.05, 0.1) is 11.0 Å². The van der Waals surface area contributed by atoms with Crippen LogP contribution in [-0.2, 0) is 17.6 Å². The lowest BCUT2D eigenvalue weighted by Gasteiger charge is -2.02. The molecular weight excluding hydrogens is 330 g/mol. The third-order valence-electron chi connectivity index (χ3n) is 4.82. The first-order chi connectivity index (χ1) is 12.6. The largest absolute Gasteiger partial charge is 0.356 e. The first-order valence-corrected chi connectivity index (χ1v) is 9.13. The zero-order valence-electron chi connectivity index (χ0n) is 15.1. The van der Waals surface area contributed by atoms with E-state index in [4.69, 9.17) is 4.52 Å². The van der Waals surface area contributed by atoms with Crippen molar-refractivity contribution in [1.82, 2.24) is 25.4 Å². The van der Waals surface area contributed by atoms with Crippen molar-refractivity contribution in [2.45, 2.75) is 51.9 Å². The summed E-state index contributed by atoms with van der Waals surface area (Å²) in [7, 11) is 0. The molecule has 1 saturated carbocycles. The van der Waals surface area contributed by atoms with Crippen LogP contribution in [0, 0.1) is 13.8 Å². The van der Waals surface area contributed by atoms with Gasteiger partial charge in [0, 0.05) is 31.7 Å². The topological polar surface area (TPSA) is 96.7 Å². The predicted octanol–water partition coefficient (Wildman–Crippen LogP) is 2.73. The lowest BCUT2D eigenvalue weighted by molar-refractivity contribution is -0.121. The molecule has 0 radical (unpaired) electrons. The summed E-state index contributed by atoms with van der Waals surface area (Å²) in [5, 5.41) is 6.87. The Hall–Kier alpha value is -2.70. The number of benzene rings is 1. The van der Waals surface area contributed by atoms with Crippen LogP contribution in [0.4, 0.5) is 0 Å². The summed E-state index contributed by atoms with van der Waals surface area (Å²) in [6.45, 7) is 4.66. The average molecular weight is 353 g/mol. The second-order valence-corrected chi connectivity index (χ2v) is 7.06. The van der Waals surface area contributed by atoms with Crippen molar-refractivity contribution >= 4 is 16.9 Å². The van der Waals surface area contributed by atoms with Gasteiger partial charge < -0.3 is 14.8 Å². The van der Waals surface area contributed by atoms with Crippen LogP contribution >= 0.6 is 0 Å². The molecule has 0 spiro atoms. The minimum Gasteiger partial charge on any atom is -0.356 e. The summed E-state index contributed by atoms with van der Waals surface area (Å²) in [4.78, 5) is 24.3. The summed E-state index contributed by atoms with van der Waals surface area (Å²) >= 11 is 0. The molecule has 3 aromatic rings. The van der Waals surface area contributed by atoms with Gasteiger partial charge in [-0.1, -0.05) is 5.16 Å². The van der Waals surface area contributed by atoms with Gasteiger partial charge in [0.1, 0.15) is 5.82 Å². The van der Waals surface area contributed by atoms with Crippen molar-refractivity contribution in [1.29, 1.82) is 0 Å². The van der Waals surface area contributed by atoms with E-state index in [1.165, 1.54) is 11.1 Å². The Morgan fingerprint density at radius 3 is 2.85 bits per heavy atom. The first-order valence-electron chi connectivity index (χ1n) is 9.13. The fourth-order valence-corrected chi connectivity index (χ4v) is 2.95. The molecule has 0 atom stereocenters. The quantitative estimate of drug-likeness (QED) is 0.681. The Bertz CT molecular complexity index is 900. The van der Waals surface area contributed by atoms with Gasteiger partial charge in [-0.15, -0.1) is 0 Å². The highest BCUT2D eigenvalue weighted by Crippen LogP contribution is 2.38. The Kier molecular flexibility index (Phi) is 4.44. The number of nitrogens with zero attached hydrogens (tertiary/aromatic N) is 3. The number of fused-ring (bicyclic) bond motifs is 1. The van der Waals surface area contributed by atoms with Gasteiger partial charge in [0.15, 0.2) is 5.82 Å². The van der Waals surface area contributed by atoms with Crippen molar-refractivity contribution in [2.75, 3.05) is 6.54 Å². The maximum atomic E-state index is 12.0. The number of hydrogen-bond acceptors (Lipinski definition) is 5. The molecule has 7 heteroatoms. The molecule has 1 aromatic carbocycles. The molecule has 0 unspecified atom stereocenters. The standard InChI is InChI=1S/C19H23N5O2/c1-11-9-14-15(10-12(11)2)22-16(21-14)5-6-17(25)20-8-7-18-23-19(24-26-18)13-3-4-13/h9-10,13H,3-8H2,1-2H3,(H,20,25)(H,21,22). The molecule has 2 aromatic heterocycles. The molecule has 1 aliphatic carbocycles. The Balaban J connectivity index is 1.24. The van der Waals surface area contributed by atoms with Crippen molar-refractivity contribution in [3.63, 3.8) is 0 Å². The van der Waals surface area contributed by atoms with Crippen LogP contribution in [0.3, 0.4) is 0 Å². The van der Waals surface area contributed by atoms with Crippen LogP contribution in [0.15, 0.2) is 16.7 Å². The number of aromatic amines is 1. The second kappa shape index (κ2) is 6.90. The van der Waals surface area contributed by atoms with Crippen LogP contribution < -0.4 is 5.32 Å². The second-order valence-electron chi connectivity index (χ2n) is 7.06. The third-order valence-corrected chi connectivity index (χ3v) is 4.82. The summed E-state index contributed by atoms with van der Waals surface area (Å²) in [5.41, 5.74) is 4.42. The summed E-state index contributed by atoms with van der Waals surface area (Å²) < 4.78 is 5.20. The lowest BCUT2D eigenvalue weighted by Crippen LogP contribution is -2.26. The number of carbonyl (C=O) groups excluding carboxylic acids is 1. The molecule has 4 rings (SSSR count). The molecule has 1 aliphatic rings. The third kappa shape index (κ3) is 3.76. The molecule has 2 N–H and O–H groups in total. The van der Waals surface area contributed by atoms with Gasteiger partial charge in [0.2, 0.25) is 11.8 Å². The zero-order chi connectivity index (χ0) is 18.1. The number of nitrogens with one attached hydrogen (secondary N) is 2. The zero-order valence-corrected chi connectivity index (χ0v) is 15.1. The maximum Gasteiger partial charge on any atom is 0.228 e. The van der Waals surface area contributed by atoms with E-state index >= 15 is 0 Å². The highest BCUT2D eigenvalue weighted by molar-refractivity contribution is 5.78. The summed E-state index contributed by atoms with van der Waals surface area (Å²) in [5.74, 6) is 2.72. The Morgan fingerprint density at radius 2 is 2.04 bits per heavy atom. The van der Waals surface area contributed by atoms with E-state index in [-0.39, 0.29) is 5.91 Å². The van der Waals surface area contributed by atoms with Crippen LogP contribution in [0.2, 0.25) is 0 Å². The van der Waals surface area contributed by atoms with Gasteiger partial charge in [0.25, 0.3) is 0 Å². The molecule has 0 aliphatic heterocycles. The number of aromatic nitrogens is 4. The molecule has 0 bridgehead atoms. The van der Waals surface area contributed by atoms with Gasteiger partial charge in [-0.2, -0.15) is 4.98 Å². The van der Waals surface area contributed by atoms with Gasteiger partial charge >= 0.3 is 0 Å². The van der Waals surface area contributed by atoms with Crippen LogP contribution in [0.1, 0.15) is 53.8 Å². The van der Waals surface area contributed by atoms with Gasteiger partial charge in [-0.25, -0.2) is 4.98 Å². The molecule has 26 heavy (non-hydrogen) atoms. The lowest BCUT2D eigenvalue weighted by atomic mass is 10.1. The van der Waals surface area contributed by atoms with Crippen LogP contribution in [-0.4, -0.2) is 32.6 Å². The number of aryl methyl sites for hydroxylation is 3. The van der Waals surface area contributed by atoms with Crippen LogP contribution in [0.5, 0.6) is 0 Å². The minimum atomic E-state index is -0.000232. The normalized spacial score (nSPS) is 14.1. The Morgan fingerprint density at radius 1 is 1.23 bits per heavy atom. The van der Waals surface area contributed by atoms with E-state index < -0.39 is 0 Å². The van der Waals surface area contributed by atoms with Gasteiger partial charge in [-0.3, -0.25) is 4.79 Å². The smallest absolute Gasteiger partial charge is 0.228 e. The molecule has 7 nitrogen and oxygen atoms in total. The average Bonchev–Trinajstić information content (AvgIpc) is 3.23. The molecule has 2 heterocycles. The number of H-pyrrole nitrogens is 1. The number of rotatable bonds is 7. The minimum absolute atomic E-state index is 0.000232. The van der Waals surface area contributed by atoms with Crippen LogP contribution in [0.25, 0.3) is 11.0 Å². The number of hydrogen-bond donors (Lipinski definition) is 2. The van der Waals surface area contributed by atoms with E-state index in [0.717, 1.165) is 35.5 Å². The number of amides is 1. The Labute approximate surface area is 151 Å². The van der Waals surface area contributed by atoms with Crippen molar-refractivity contribution in [2.24, 2.45) is 0 Å². The van der Waals surface area contributed by atoms with Crippen molar-refractivity contribution in [3.8, 4) is 0 Å². The molecular formula is C19H23N5O2. The van der Waals surface area contributed by atoms with Gasteiger partial charge in [-0.05, 0) is 49.9 Å². The van der Waals surface area contributed by atoms with E-state index in [9.17, 15) is 4.79 Å². The number of imidazole rings is 1. The predicted molar refractivity (Wildman–Crippen MR) is 96.9 cm³/mol. The van der Waals surface area contributed by atoms with E-state index in [1.54, 1.807) is 0 Å². The maximum absolute atomic E-state index is 12.0. The fourth-order valence-electron chi connectivity index (χ4n) is 2.95. The highest BCUT2D eigenvalue weighted by Gasteiger charge is 2.28. The molecule has 0 saturated heterocycles. The first kappa shape index (κ1) is 16.8. The van der Waals surface area contributed by atoms with Crippen molar-refractivity contribution < 1.29 is 9.32 Å². The highest BCUT2D eigenvalue weighted by atomic mass is 16.5. The molecule has 136 valence electrons. The SMILES string of the molecule is Cc1cc2nc(CCC(=O)NCCc3nc(C4CC4)no3)[nH]c2cc1C. The molecule has 1 fully saturated rings. The number of carbonyl (C=O) groups is 1. The summed E-state index contributed by atoms with van der Waals surface area (Å²) in [6, 6.07) is 4.17. The fraction of sp³-hybridized carbons (Fsp3) is 0.474. The monoisotopic (exact) mass is 353 g/mol. The van der Waals surface area contributed by atoms with E-state index in [0.29, 0.717) is 37.6 Å².